The molecule has 0 fully saturated rings. The molecule has 0 spiro atoms. The Balaban J connectivity index is 1.11. The molecule has 0 saturated carbocycles. The predicted molar refractivity (Wildman–Crippen MR) is 245 cm³/mol. The summed E-state index contributed by atoms with van der Waals surface area (Å²) in [5, 5.41) is 5.14. The molecule has 2 aromatic heterocycles. The Hall–Kier alpha value is -7.27. The normalized spacial score (nSPS) is 12.1. The van der Waals surface area contributed by atoms with Crippen molar-refractivity contribution in [2.45, 2.75) is 9.79 Å². The first kappa shape index (κ1) is 32.9. The second kappa shape index (κ2) is 13.2. The van der Waals surface area contributed by atoms with Crippen molar-refractivity contribution in [3.63, 3.8) is 0 Å². The molecule has 0 saturated heterocycles. The van der Waals surface area contributed by atoms with Crippen LogP contribution in [0.25, 0.3) is 77.2 Å². The minimum Gasteiger partial charge on any atom is -0.310 e. The van der Waals surface area contributed by atoms with E-state index in [-0.39, 0.29) is 0 Å². The molecule has 1 aliphatic heterocycles. The number of para-hydroxylation sites is 3. The van der Waals surface area contributed by atoms with Crippen LogP contribution in [0.5, 0.6) is 0 Å². The maximum Gasteiger partial charge on any atom is 0.0688 e. The molecule has 0 atom stereocenters. The van der Waals surface area contributed by atoms with E-state index < -0.39 is 0 Å². The summed E-state index contributed by atoms with van der Waals surface area (Å²) >= 11 is 1.88. The highest BCUT2D eigenvalue weighted by Crippen LogP contribution is 2.51. The van der Waals surface area contributed by atoms with Gasteiger partial charge in [-0.25, -0.2) is 0 Å². The van der Waals surface area contributed by atoms with Crippen molar-refractivity contribution in [1.29, 1.82) is 0 Å². The summed E-state index contributed by atoms with van der Waals surface area (Å²) in [4.78, 5) is 4.95. The smallest absolute Gasteiger partial charge is 0.0688 e. The van der Waals surface area contributed by atoms with Gasteiger partial charge in [-0.15, -0.1) is 0 Å². The van der Waals surface area contributed by atoms with Crippen molar-refractivity contribution < 1.29 is 0 Å². The molecule has 58 heavy (non-hydrogen) atoms. The first-order valence-corrected chi connectivity index (χ1v) is 20.6. The standard InChI is InChI=1S/C54H35N3S/c1-3-16-36(17-4-1)38-20-13-22-40(32-38)55(41-23-14-21-39(33-41)37-18-5-2-6-19-37)42-24-15-25-43(34-42)56-46-28-9-7-26-44(46)52-49(56)35-51-54-53(52)45-27-8-10-29-47(45)57(54)48-30-11-12-31-50(48)58-51/h1-35H. The molecule has 11 aromatic rings. The van der Waals surface area contributed by atoms with Gasteiger partial charge in [-0.3, -0.25) is 0 Å². The van der Waals surface area contributed by atoms with E-state index in [9.17, 15) is 0 Å². The molecule has 272 valence electrons. The maximum atomic E-state index is 2.49. The zero-order chi connectivity index (χ0) is 38.2. The number of aromatic nitrogens is 2. The van der Waals surface area contributed by atoms with E-state index in [4.69, 9.17) is 0 Å². The van der Waals surface area contributed by atoms with E-state index in [0.717, 1.165) is 22.7 Å². The average molecular weight is 758 g/mol. The lowest BCUT2D eigenvalue weighted by atomic mass is 10.0. The molecule has 0 aliphatic carbocycles. The Labute approximate surface area is 340 Å². The number of benzene rings is 9. The van der Waals surface area contributed by atoms with Crippen molar-refractivity contribution in [1.82, 2.24) is 9.13 Å². The zero-order valence-electron chi connectivity index (χ0n) is 31.5. The fourth-order valence-corrected chi connectivity index (χ4v) is 10.3. The largest absolute Gasteiger partial charge is 0.310 e. The third-order valence-corrected chi connectivity index (χ3v) is 12.7. The van der Waals surface area contributed by atoms with Crippen molar-refractivity contribution in [2.24, 2.45) is 0 Å². The van der Waals surface area contributed by atoms with Crippen molar-refractivity contribution in [3.8, 4) is 33.6 Å². The number of rotatable bonds is 6. The summed E-state index contributed by atoms with van der Waals surface area (Å²) in [6.45, 7) is 0. The maximum absolute atomic E-state index is 2.49. The second-order valence-corrected chi connectivity index (χ2v) is 16.0. The lowest BCUT2D eigenvalue weighted by Crippen LogP contribution is -2.11. The lowest BCUT2D eigenvalue weighted by molar-refractivity contribution is 1.09. The van der Waals surface area contributed by atoms with Crippen LogP contribution in [0.4, 0.5) is 17.1 Å². The average Bonchev–Trinajstić information content (AvgIpc) is 3.81. The molecule has 4 heteroatoms. The van der Waals surface area contributed by atoms with Crippen molar-refractivity contribution in [2.75, 3.05) is 4.90 Å². The molecular weight excluding hydrogens is 723 g/mol. The van der Waals surface area contributed by atoms with Gasteiger partial charge in [0.25, 0.3) is 0 Å². The van der Waals surface area contributed by atoms with E-state index in [1.165, 1.54) is 81.3 Å². The van der Waals surface area contributed by atoms with Crippen LogP contribution in [0, 0.1) is 0 Å². The molecule has 3 nitrogen and oxygen atoms in total. The Kier molecular flexibility index (Phi) is 7.47. The fraction of sp³-hybridized carbons (Fsp3) is 0. The zero-order valence-corrected chi connectivity index (χ0v) is 32.3. The third-order valence-electron chi connectivity index (χ3n) is 11.6. The summed E-state index contributed by atoms with van der Waals surface area (Å²) < 4.78 is 4.97. The van der Waals surface area contributed by atoms with E-state index in [1.54, 1.807) is 0 Å². The first-order valence-electron chi connectivity index (χ1n) is 19.8. The van der Waals surface area contributed by atoms with Crippen molar-refractivity contribution >= 4 is 72.4 Å². The van der Waals surface area contributed by atoms with Crippen LogP contribution < -0.4 is 4.90 Å². The summed E-state index contributed by atoms with van der Waals surface area (Å²) in [6.07, 6.45) is 0. The SMILES string of the molecule is c1ccc(-c2cccc(N(c3cccc(-c4ccccc4)c3)c3cccc(-n4c5ccccc5c5c6c7ccccc7n7c6c(cc54)Sc4ccccc4-7)c3)c2)cc1. The van der Waals surface area contributed by atoms with Crippen LogP contribution in [-0.2, 0) is 0 Å². The van der Waals surface area contributed by atoms with Crippen LogP contribution in [0.1, 0.15) is 0 Å². The molecule has 3 heterocycles. The van der Waals surface area contributed by atoms with E-state index in [0.29, 0.717) is 0 Å². The summed E-state index contributed by atoms with van der Waals surface area (Å²) in [5.41, 5.74) is 15.3. The highest BCUT2D eigenvalue weighted by Gasteiger charge is 2.27. The number of hydrogen-bond acceptors (Lipinski definition) is 2. The van der Waals surface area contributed by atoms with Crippen LogP contribution in [0.2, 0.25) is 0 Å². The summed E-state index contributed by atoms with van der Waals surface area (Å²) in [5.74, 6) is 0. The van der Waals surface area contributed by atoms with E-state index in [2.05, 4.69) is 226 Å². The number of hydrogen-bond donors (Lipinski definition) is 0. The molecule has 0 radical (unpaired) electrons. The molecule has 12 rings (SSSR count). The molecule has 0 amide bonds. The Bertz CT molecular complexity index is 3290. The highest BCUT2D eigenvalue weighted by atomic mass is 32.2. The van der Waals surface area contributed by atoms with Gasteiger partial charge >= 0.3 is 0 Å². The Morgan fingerprint density at radius 1 is 0.345 bits per heavy atom. The van der Waals surface area contributed by atoms with Gasteiger partial charge in [0, 0.05) is 54.1 Å². The van der Waals surface area contributed by atoms with E-state index in [1.807, 2.05) is 11.8 Å². The van der Waals surface area contributed by atoms with Crippen LogP contribution in [-0.4, -0.2) is 9.13 Å². The van der Waals surface area contributed by atoms with Gasteiger partial charge in [0.15, 0.2) is 0 Å². The predicted octanol–water partition coefficient (Wildman–Crippen LogP) is 15.1. The quantitative estimate of drug-likeness (QED) is 0.168. The minimum atomic E-state index is 1.08. The summed E-state index contributed by atoms with van der Waals surface area (Å²) in [7, 11) is 0. The van der Waals surface area contributed by atoms with Crippen molar-refractivity contribution in [3.05, 3.63) is 212 Å². The molecular formula is C54H35N3S. The number of anilines is 3. The monoisotopic (exact) mass is 757 g/mol. The van der Waals surface area contributed by atoms with Gasteiger partial charge in [0.2, 0.25) is 0 Å². The number of fused-ring (bicyclic) bond motifs is 9. The molecule has 0 N–H and O–H groups in total. The van der Waals surface area contributed by atoms with Gasteiger partial charge in [0.1, 0.15) is 0 Å². The minimum absolute atomic E-state index is 1.08. The molecule has 0 unspecified atom stereocenters. The van der Waals surface area contributed by atoms with Gasteiger partial charge < -0.3 is 14.0 Å². The topological polar surface area (TPSA) is 13.1 Å². The Morgan fingerprint density at radius 2 is 0.862 bits per heavy atom. The fourth-order valence-electron chi connectivity index (χ4n) is 9.16. The van der Waals surface area contributed by atoms with Crippen LogP contribution >= 0.6 is 11.8 Å². The number of nitrogens with zero attached hydrogens (tertiary/aromatic N) is 3. The lowest BCUT2D eigenvalue weighted by Gasteiger charge is -2.27. The van der Waals surface area contributed by atoms with Gasteiger partial charge in [-0.1, -0.05) is 151 Å². The summed E-state index contributed by atoms with van der Waals surface area (Å²) in [6, 6.07) is 77.3. The molecule has 1 aliphatic rings. The van der Waals surface area contributed by atoms with Gasteiger partial charge in [-0.05, 0) is 95.1 Å². The Morgan fingerprint density at radius 3 is 1.53 bits per heavy atom. The second-order valence-electron chi connectivity index (χ2n) is 15.0. The third kappa shape index (κ3) is 5.09. The van der Waals surface area contributed by atoms with Gasteiger partial charge in [-0.2, -0.15) is 0 Å². The molecule has 9 aromatic carbocycles. The highest BCUT2D eigenvalue weighted by molar-refractivity contribution is 7.99. The van der Waals surface area contributed by atoms with E-state index >= 15 is 0 Å². The van der Waals surface area contributed by atoms with Gasteiger partial charge in [0.05, 0.1) is 27.8 Å². The van der Waals surface area contributed by atoms with Crippen LogP contribution in [0.15, 0.2) is 222 Å². The first-order chi connectivity index (χ1) is 28.8. The molecule has 0 bridgehead atoms. The van der Waals surface area contributed by atoms with Crippen LogP contribution in [0.3, 0.4) is 0 Å².